The molecule has 0 atom stereocenters. The molecule has 2 N–H and O–H groups in total. The van der Waals surface area contributed by atoms with Gasteiger partial charge in [-0.15, -0.1) is 0 Å². The van der Waals surface area contributed by atoms with Gasteiger partial charge in [-0.2, -0.15) is 0 Å². The van der Waals surface area contributed by atoms with Gasteiger partial charge in [0.1, 0.15) is 16.8 Å². The highest BCUT2D eigenvalue weighted by atomic mass is 16.5. The minimum absolute atomic E-state index is 0.607. The summed E-state index contributed by atoms with van der Waals surface area (Å²) in [7, 11) is 0. The molecule has 0 aliphatic heterocycles. The van der Waals surface area contributed by atoms with Crippen molar-refractivity contribution in [2.75, 3.05) is 12.3 Å². The highest BCUT2D eigenvalue weighted by Crippen LogP contribution is 2.26. The van der Waals surface area contributed by atoms with E-state index in [4.69, 9.17) is 10.5 Å². The molecule has 0 saturated heterocycles. The van der Waals surface area contributed by atoms with E-state index in [1.54, 1.807) is 18.5 Å². The summed E-state index contributed by atoms with van der Waals surface area (Å²) in [5.41, 5.74) is 7.80. The first-order valence-electron chi connectivity index (χ1n) is 4.45. The van der Waals surface area contributed by atoms with Crippen LogP contribution in [0.25, 0.3) is 11.0 Å². The zero-order valence-corrected chi connectivity index (χ0v) is 7.90. The van der Waals surface area contributed by atoms with Crippen LogP contribution in [0.4, 0.5) is 5.69 Å². The van der Waals surface area contributed by atoms with Crippen molar-refractivity contribution in [3.05, 3.63) is 24.5 Å². The van der Waals surface area contributed by atoms with Gasteiger partial charge in [0, 0.05) is 12.4 Å². The van der Waals surface area contributed by atoms with E-state index in [2.05, 4.69) is 9.97 Å². The number of nitrogens with two attached hydrogens (primary N) is 1. The molecule has 0 aliphatic rings. The van der Waals surface area contributed by atoms with Crippen LogP contribution in [0.1, 0.15) is 6.92 Å². The Bertz CT molecular complexity index is 456. The Morgan fingerprint density at radius 1 is 1.21 bits per heavy atom. The first kappa shape index (κ1) is 8.74. The molecule has 0 bridgehead atoms. The summed E-state index contributed by atoms with van der Waals surface area (Å²) < 4.78 is 5.42. The summed E-state index contributed by atoms with van der Waals surface area (Å²) in [6, 6.07) is 3.60. The third-order valence-corrected chi connectivity index (χ3v) is 1.92. The van der Waals surface area contributed by atoms with Gasteiger partial charge in [0.25, 0.3) is 0 Å². The number of rotatable bonds is 2. The van der Waals surface area contributed by atoms with Crippen LogP contribution in [0.2, 0.25) is 0 Å². The van der Waals surface area contributed by atoms with E-state index in [0.717, 1.165) is 5.75 Å². The maximum Gasteiger partial charge on any atom is 0.147 e. The van der Waals surface area contributed by atoms with Crippen LogP contribution >= 0.6 is 0 Å². The monoisotopic (exact) mass is 189 g/mol. The Balaban J connectivity index is 2.68. The summed E-state index contributed by atoms with van der Waals surface area (Å²) >= 11 is 0. The fraction of sp³-hybridized carbons (Fsp3) is 0.200. The Morgan fingerprint density at radius 3 is 2.64 bits per heavy atom. The van der Waals surface area contributed by atoms with Gasteiger partial charge in [0.05, 0.1) is 12.3 Å². The van der Waals surface area contributed by atoms with Crippen molar-refractivity contribution >= 4 is 16.7 Å². The molecule has 72 valence electrons. The highest BCUT2D eigenvalue weighted by Gasteiger charge is 2.05. The molecule has 0 saturated carbocycles. The van der Waals surface area contributed by atoms with E-state index in [1.807, 2.05) is 13.0 Å². The minimum Gasteiger partial charge on any atom is -0.492 e. The van der Waals surface area contributed by atoms with Crippen molar-refractivity contribution in [2.24, 2.45) is 0 Å². The summed E-state index contributed by atoms with van der Waals surface area (Å²) in [5.74, 6) is 0.727. The molecule has 0 fully saturated rings. The average molecular weight is 189 g/mol. The number of fused-ring (bicyclic) bond motifs is 1. The first-order chi connectivity index (χ1) is 6.83. The summed E-state index contributed by atoms with van der Waals surface area (Å²) in [4.78, 5) is 8.35. The average Bonchev–Trinajstić information content (AvgIpc) is 2.23. The molecule has 0 spiro atoms. The molecule has 4 nitrogen and oxygen atoms in total. The van der Waals surface area contributed by atoms with Crippen molar-refractivity contribution in [3.8, 4) is 5.75 Å². The Hall–Kier alpha value is -1.84. The summed E-state index contributed by atoms with van der Waals surface area (Å²) in [5, 5.41) is 0. The van der Waals surface area contributed by atoms with Crippen LogP contribution in [0, 0.1) is 0 Å². The quantitative estimate of drug-likeness (QED) is 0.729. The summed E-state index contributed by atoms with van der Waals surface area (Å²) in [6.07, 6.45) is 3.25. The second-order valence-corrected chi connectivity index (χ2v) is 2.84. The lowest BCUT2D eigenvalue weighted by Gasteiger charge is -2.06. The molecule has 14 heavy (non-hydrogen) atoms. The van der Waals surface area contributed by atoms with E-state index >= 15 is 0 Å². The zero-order chi connectivity index (χ0) is 9.97. The number of ether oxygens (including phenoxy) is 1. The van der Waals surface area contributed by atoms with Crippen molar-refractivity contribution in [1.82, 2.24) is 9.97 Å². The standard InChI is InChI=1S/C10H11N3O/c1-2-14-8-4-3-7(11)9-10(8)13-6-5-12-9/h3-6H,2,11H2,1H3. The lowest BCUT2D eigenvalue weighted by molar-refractivity contribution is 0.343. The Kier molecular flexibility index (Phi) is 2.18. The fourth-order valence-electron chi connectivity index (χ4n) is 1.32. The van der Waals surface area contributed by atoms with Crippen LogP contribution in [0.3, 0.4) is 0 Å². The third kappa shape index (κ3) is 1.35. The van der Waals surface area contributed by atoms with Gasteiger partial charge in [-0.25, -0.2) is 4.98 Å². The predicted molar refractivity (Wildman–Crippen MR) is 55.1 cm³/mol. The SMILES string of the molecule is CCOc1ccc(N)c2nccnc12. The van der Waals surface area contributed by atoms with E-state index < -0.39 is 0 Å². The number of hydrogen-bond donors (Lipinski definition) is 1. The van der Waals surface area contributed by atoms with Gasteiger partial charge in [0.15, 0.2) is 0 Å². The van der Waals surface area contributed by atoms with Gasteiger partial charge in [-0.05, 0) is 19.1 Å². The van der Waals surface area contributed by atoms with Crippen LogP contribution in [0.15, 0.2) is 24.5 Å². The lowest BCUT2D eigenvalue weighted by Crippen LogP contribution is -1.97. The smallest absolute Gasteiger partial charge is 0.147 e. The molecule has 2 aromatic rings. The van der Waals surface area contributed by atoms with Crippen molar-refractivity contribution in [3.63, 3.8) is 0 Å². The minimum atomic E-state index is 0.607. The molecule has 4 heteroatoms. The molecule has 1 heterocycles. The molecule has 0 aliphatic carbocycles. The van der Waals surface area contributed by atoms with Crippen LogP contribution < -0.4 is 10.5 Å². The topological polar surface area (TPSA) is 61.0 Å². The second kappa shape index (κ2) is 3.49. The van der Waals surface area contributed by atoms with Crippen molar-refractivity contribution in [1.29, 1.82) is 0 Å². The number of aromatic nitrogens is 2. The van der Waals surface area contributed by atoms with E-state index in [9.17, 15) is 0 Å². The number of benzene rings is 1. The molecule has 0 unspecified atom stereocenters. The van der Waals surface area contributed by atoms with E-state index in [-0.39, 0.29) is 0 Å². The van der Waals surface area contributed by atoms with Crippen LogP contribution in [-0.2, 0) is 0 Å². The maximum absolute atomic E-state index is 5.76. The lowest BCUT2D eigenvalue weighted by atomic mass is 10.2. The second-order valence-electron chi connectivity index (χ2n) is 2.84. The molecule has 0 radical (unpaired) electrons. The van der Waals surface area contributed by atoms with Gasteiger partial charge in [0.2, 0.25) is 0 Å². The van der Waals surface area contributed by atoms with Gasteiger partial charge < -0.3 is 10.5 Å². The van der Waals surface area contributed by atoms with Gasteiger partial charge in [-0.3, -0.25) is 4.98 Å². The first-order valence-corrected chi connectivity index (χ1v) is 4.45. The summed E-state index contributed by atoms with van der Waals surface area (Å²) in [6.45, 7) is 2.54. The largest absolute Gasteiger partial charge is 0.492 e. The van der Waals surface area contributed by atoms with E-state index in [0.29, 0.717) is 23.3 Å². The van der Waals surface area contributed by atoms with Crippen molar-refractivity contribution < 1.29 is 4.74 Å². The number of nitrogen functional groups attached to an aromatic ring is 1. The maximum atomic E-state index is 5.76. The Labute approximate surface area is 81.7 Å². The number of anilines is 1. The van der Waals surface area contributed by atoms with Crippen LogP contribution in [0.5, 0.6) is 5.75 Å². The molecule has 2 rings (SSSR count). The predicted octanol–water partition coefficient (Wildman–Crippen LogP) is 1.61. The van der Waals surface area contributed by atoms with Gasteiger partial charge in [-0.1, -0.05) is 0 Å². The molecule has 0 amide bonds. The van der Waals surface area contributed by atoms with E-state index in [1.165, 1.54) is 0 Å². The molecule has 1 aromatic heterocycles. The number of hydrogen-bond acceptors (Lipinski definition) is 4. The molecular formula is C10H11N3O. The number of nitrogens with zero attached hydrogens (tertiary/aromatic N) is 2. The fourth-order valence-corrected chi connectivity index (χ4v) is 1.32. The normalized spacial score (nSPS) is 10.4. The van der Waals surface area contributed by atoms with Gasteiger partial charge >= 0.3 is 0 Å². The Morgan fingerprint density at radius 2 is 1.93 bits per heavy atom. The molecule has 1 aromatic carbocycles. The van der Waals surface area contributed by atoms with Crippen LogP contribution in [-0.4, -0.2) is 16.6 Å². The van der Waals surface area contributed by atoms with Crippen molar-refractivity contribution in [2.45, 2.75) is 6.92 Å². The molecular weight excluding hydrogens is 178 g/mol. The zero-order valence-electron chi connectivity index (χ0n) is 7.90. The third-order valence-electron chi connectivity index (χ3n) is 1.92. The highest BCUT2D eigenvalue weighted by molar-refractivity contribution is 5.90.